The normalized spacial score (nSPS) is 11.1. The Hall–Kier alpha value is -3.13. The molecule has 0 aliphatic rings. The smallest absolute Gasteiger partial charge is 0.216 e. The molecule has 7 nitrogen and oxygen atoms in total. The number of para-hydroxylation sites is 1. The maximum Gasteiger partial charge on any atom is 0.216 e. The monoisotopic (exact) mass is 384 g/mol. The molecule has 1 heterocycles. The molecule has 1 aromatic heterocycles. The largest absolute Gasteiger partial charge is 0.507 e. The van der Waals surface area contributed by atoms with E-state index in [1.54, 1.807) is 25.3 Å². The number of nitrogens with zero attached hydrogens (tertiary/aromatic N) is 3. The van der Waals surface area contributed by atoms with Crippen LogP contribution in [-0.4, -0.2) is 33.3 Å². The van der Waals surface area contributed by atoms with Gasteiger partial charge in [-0.25, -0.2) is 5.10 Å². The highest BCUT2D eigenvalue weighted by Crippen LogP contribution is 2.23. The van der Waals surface area contributed by atoms with Gasteiger partial charge in [0.15, 0.2) is 5.82 Å². The van der Waals surface area contributed by atoms with Gasteiger partial charge >= 0.3 is 0 Å². The first-order chi connectivity index (χ1) is 13.0. The van der Waals surface area contributed by atoms with Gasteiger partial charge in [0.1, 0.15) is 23.9 Å². The zero-order chi connectivity index (χ0) is 19.4. The van der Waals surface area contributed by atoms with Gasteiger partial charge in [0, 0.05) is 5.56 Å². The van der Waals surface area contributed by atoms with Crippen LogP contribution in [0.5, 0.6) is 17.2 Å². The van der Waals surface area contributed by atoms with Crippen LogP contribution in [0, 0.1) is 18.6 Å². The first kappa shape index (κ1) is 18.7. The van der Waals surface area contributed by atoms with Crippen LogP contribution in [0.2, 0.25) is 0 Å². The van der Waals surface area contributed by atoms with E-state index in [1.165, 1.54) is 10.9 Å². The van der Waals surface area contributed by atoms with E-state index < -0.39 is 0 Å². The topological polar surface area (TPSA) is 84.7 Å². The molecule has 140 valence electrons. The van der Waals surface area contributed by atoms with Crippen molar-refractivity contribution in [3.8, 4) is 17.2 Å². The molecular formula is C19H20N4O3S. The minimum Gasteiger partial charge on any atom is -0.507 e. The fourth-order valence-corrected chi connectivity index (χ4v) is 2.78. The van der Waals surface area contributed by atoms with E-state index in [-0.39, 0.29) is 12.4 Å². The molecule has 2 aromatic carbocycles. The number of ether oxygens (including phenoxy) is 2. The minimum absolute atomic E-state index is 0.0860. The van der Waals surface area contributed by atoms with Crippen LogP contribution in [0.1, 0.15) is 22.5 Å². The van der Waals surface area contributed by atoms with Gasteiger partial charge in [-0.3, -0.25) is 0 Å². The van der Waals surface area contributed by atoms with Crippen molar-refractivity contribution in [1.29, 1.82) is 0 Å². The number of nitrogens with one attached hydrogen (secondary N) is 1. The van der Waals surface area contributed by atoms with E-state index in [1.807, 2.05) is 32.0 Å². The molecule has 27 heavy (non-hydrogen) atoms. The van der Waals surface area contributed by atoms with Crippen LogP contribution in [-0.2, 0) is 6.61 Å². The van der Waals surface area contributed by atoms with Crippen molar-refractivity contribution >= 4 is 18.4 Å². The Morgan fingerprint density at radius 3 is 2.70 bits per heavy atom. The van der Waals surface area contributed by atoms with E-state index >= 15 is 0 Å². The molecule has 0 saturated carbocycles. The summed E-state index contributed by atoms with van der Waals surface area (Å²) in [5.41, 5.74) is 2.58. The summed E-state index contributed by atoms with van der Waals surface area (Å²) >= 11 is 5.24. The summed E-state index contributed by atoms with van der Waals surface area (Å²) in [6.07, 6.45) is 1.49. The maximum absolute atomic E-state index is 9.98. The second-order valence-electron chi connectivity index (χ2n) is 5.94. The van der Waals surface area contributed by atoms with Crippen molar-refractivity contribution in [3.63, 3.8) is 0 Å². The average molecular weight is 384 g/mol. The molecule has 3 aromatic rings. The third-order valence-corrected chi connectivity index (χ3v) is 4.28. The van der Waals surface area contributed by atoms with Gasteiger partial charge < -0.3 is 14.6 Å². The number of phenols is 1. The summed E-state index contributed by atoms with van der Waals surface area (Å²) in [6.45, 7) is 4.17. The molecule has 0 saturated heterocycles. The summed E-state index contributed by atoms with van der Waals surface area (Å²) in [4.78, 5) is 0. The molecule has 2 N–H and O–H groups in total. The fourth-order valence-electron chi connectivity index (χ4n) is 2.58. The summed E-state index contributed by atoms with van der Waals surface area (Å²) < 4.78 is 12.9. The number of benzene rings is 2. The van der Waals surface area contributed by atoms with Crippen molar-refractivity contribution in [3.05, 3.63) is 63.7 Å². The molecule has 0 amide bonds. The number of aromatic nitrogens is 3. The van der Waals surface area contributed by atoms with E-state index in [2.05, 4.69) is 15.3 Å². The molecule has 0 spiro atoms. The zero-order valence-corrected chi connectivity index (χ0v) is 16.1. The van der Waals surface area contributed by atoms with Gasteiger partial charge in [-0.05, 0) is 55.4 Å². The molecule has 0 aliphatic heterocycles. The van der Waals surface area contributed by atoms with Gasteiger partial charge in [-0.2, -0.15) is 14.9 Å². The predicted molar refractivity (Wildman–Crippen MR) is 105 cm³/mol. The lowest BCUT2D eigenvalue weighted by Gasteiger charge is -2.11. The van der Waals surface area contributed by atoms with E-state index in [4.69, 9.17) is 21.7 Å². The van der Waals surface area contributed by atoms with Gasteiger partial charge in [-0.15, -0.1) is 0 Å². The van der Waals surface area contributed by atoms with Crippen LogP contribution in [0.4, 0.5) is 0 Å². The number of H-pyrrole nitrogens is 1. The number of aromatic amines is 1. The first-order valence-electron chi connectivity index (χ1n) is 8.26. The molecule has 0 fully saturated rings. The molecule has 0 unspecified atom stereocenters. The Balaban J connectivity index is 1.84. The summed E-state index contributed by atoms with van der Waals surface area (Å²) in [6, 6.07) is 10.8. The van der Waals surface area contributed by atoms with Crippen LogP contribution < -0.4 is 9.47 Å². The van der Waals surface area contributed by atoms with E-state index in [0.717, 1.165) is 16.9 Å². The number of hydrogen-bond acceptors (Lipinski definition) is 6. The molecular weight excluding hydrogens is 364 g/mol. The third-order valence-electron chi connectivity index (χ3n) is 4.02. The lowest BCUT2D eigenvalue weighted by atomic mass is 10.1. The van der Waals surface area contributed by atoms with Crippen molar-refractivity contribution in [2.24, 2.45) is 5.10 Å². The summed E-state index contributed by atoms with van der Waals surface area (Å²) in [5, 5.41) is 21.2. The number of methoxy groups -OCH3 is 1. The molecule has 0 aliphatic carbocycles. The highest BCUT2D eigenvalue weighted by Gasteiger charge is 2.09. The lowest BCUT2D eigenvalue weighted by molar-refractivity contribution is 0.287. The second-order valence-corrected chi connectivity index (χ2v) is 6.32. The number of phenolic OH excluding ortho intramolecular Hbond substituents is 1. The maximum atomic E-state index is 9.98. The van der Waals surface area contributed by atoms with Crippen LogP contribution >= 0.6 is 12.2 Å². The Bertz CT molecular complexity index is 1020. The van der Waals surface area contributed by atoms with Crippen LogP contribution in [0.15, 0.2) is 41.5 Å². The van der Waals surface area contributed by atoms with Gasteiger partial charge in [0.25, 0.3) is 0 Å². The average Bonchev–Trinajstić information content (AvgIpc) is 3.00. The van der Waals surface area contributed by atoms with Crippen molar-refractivity contribution in [2.75, 3.05) is 7.11 Å². The fraction of sp³-hybridized carbons (Fsp3) is 0.211. The van der Waals surface area contributed by atoms with Crippen molar-refractivity contribution in [2.45, 2.75) is 20.5 Å². The minimum atomic E-state index is 0.0860. The molecule has 3 rings (SSSR count). The zero-order valence-electron chi connectivity index (χ0n) is 15.3. The number of rotatable bonds is 6. The standard InChI is InChI=1S/C19H20N4O3S/c1-12-5-4-6-13(2)18(12)26-11-17-21-22-19(27)23(17)20-10-14-9-15(25-3)7-8-16(14)24/h4-10,24H,11H2,1-3H3,(H,22,27)/b20-10+. The third kappa shape index (κ3) is 4.17. The number of aryl methyl sites for hydroxylation is 2. The Labute approximate surface area is 161 Å². The van der Waals surface area contributed by atoms with Crippen molar-refractivity contribution in [1.82, 2.24) is 14.9 Å². The van der Waals surface area contributed by atoms with Crippen LogP contribution in [0.3, 0.4) is 0 Å². The quantitative estimate of drug-likeness (QED) is 0.500. The van der Waals surface area contributed by atoms with Crippen LogP contribution in [0.25, 0.3) is 0 Å². The number of hydrogen-bond donors (Lipinski definition) is 2. The van der Waals surface area contributed by atoms with Crippen molar-refractivity contribution < 1.29 is 14.6 Å². The molecule has 0 radical (unpaired) electrons. The SMILES string of the molecule is COc1ccc(O)c(/C=N/n2c(COc3c(C)cccc3C)n[nH]c2=S)c1. The van der Waals surface area contributed by atoms with E-state index in [9.17, 15) is 5.11 Å². The van der Waals surface area contributed by atoms with Gasteiger partial charge in [0.2, 0.25) is 4.77 Å². The van der Waals surface area contributed by atoms with Gasteiger partial charge in [-0.1, -0.05) is 18.2 Å². The highest BCUT2D eigenvalue weighted by molar-refractivity contribution is 7.71. The Morgan fingerprint density at radius 2 is 2.00 bits per heavy atom. The molecule has 0 atom stereocenters. The second kappa shape index (κ2) is 8.05. The van der Waals surface area contributed by atoms with Gasteiger partial charge in [0.05, 0.1) is 13.3 Å². The summed E-state index contributed by atoms with van der Waals surface area (Å²) in [5.74, 6) is 2.03. The molecule has 8 heteroatoms. The predicted octanol–water partition coefficient (Wildman–Crippen LogP) is 3.73. The Kier molecular flexibility index (Phi) is 5.56. The Morgan fingerprint density at radius 1 is 1.26 bits per heavy atom. The summed E-state index contributed by atoms with van der Waals surface area (Å²) in [7, 11) is 1.56. The highest BCUT2D eigenvalue weighted by atomic mass is 32.1. The lowest BCUT2D eigenvalue weighted by Crippen LogP contribution is -2.05. The molecule has 0 bridgehead atoms. The first-order valence-corrected chi connectivity index (χ1v) is 8.67. The van der Waals surface area contributed by atoms with E-state index in [0.29, 0.717) is 21.9 Å². The number of aromatic hydroxyl groups is 1.